The molecule has 0 amide bonds. The third-order valence-electron chi connectivity index (χ3n) is 3.22. The van der Waals surface area contributed by atoms with Crippen molar-refractivity contribution in [2.45, 2.75) is 19.9 Å². The number of benzene rings is 2. The number of halogens is 1. The van der Waals surface area contributed by atoms with Crippen LogP contribution in [-0.4, -0.2) is 4.99 Å². The topological polar surface area (TPSA) is 38.0 Å². The van der Waals surface area contributed by atoms with Gasteiger partial charge >= 0.3 is 0 Å². The standard InChI is InChI=1S/C16H17FN2S/c1-2-11-5-3-4-6-12(11)10-19-15-8-7-13(17)9-14(15)16(18)20/h3-9,19H,2,10H2,1H3,(H2,18,20). The molecule has 0 saturated carbocycles. The fourth-order valence-corrected chi connectivity index (χ4v) is 2.31. The maximum Gasteiger partial charge on any atom is 0.124 e. The van der Waals surface area contributed by atoms with E-state index in [1.54, 1.807) is 6.07 Å². The first-order valence-corrected chi connectivity index (χ1v) is 6.92. The Kier molecular flexibility index (Phi) is 4.69. The van der Waals surface area contributed by atoms with E-state index in [-0.39, 0.29) is 10.8 Å². The van der Waals surface area contributed by atoms with Crippen molar-refractivity contribution in [3.05, 3.63) is 65.0 Å². The van der Waals surface area contributed by atoms with Gasteiger partial charge in [0.2, 0.25) is 0 Å². The molecule has 0 aliphatic rings. The summed E-state index contributed by atoms with van der Waals surface area (Å²) in [4.78, 5) is 0.191. The number of anilines is 1. The monoisotopic (exact) mass is 288 g/mol. The normalized spacial score (nSPS) is 10.3. The molecule has 4 heteroatoms. The predicted octanol–water partition coefficient (Wildman–Crippen LogP) is 3.63. The van der Waals surface area contributed by atoms with Crippen molar-refractivity contribution in [3.63, 3.8) is 0 Å². The highest BCUT2D eigenvalue weighted by Crippen LogP contribution is 2.19. The van der Waals surface area contributed by atoms with Gasteiger partial charge in [0.25, 0.3) is 0 Å². The number of nitrogens with one attached hydrogen (secondary N) is 1. The van der Waals surface area contributed by atoms with E-state index in [0.717, 1.165) is 12.1 Å². The molecule has 20 heavy (non-hydrogen) atoms. The molecule has 0 radical (unpaired) electrons. The van der Waals surface area contributed by atoms with Gasteiger partial charge in [-0.1, -0.05) is 43.4 Å². The highest BCUT2D eigenvalue weighted by atomic mass is 32.1. The van der Waals surface area contributed by atoms with Crippen molar-refractivity contribution in [3.8, 4) is 0 Å². The Morgan fingerprint density at radius 1 is 1.20 bits per heavy atom. The largest absolute Gasteiger partial charge is 0.389 e. The second kappa shape index (κ2) is 6.48. The van der Waals surface area contributed by atoms with E-state index in [2.05, 4.69) is 24.4 Å². The van der Waals surface area contributed by atoms with Crippen LogP contribution in [0.25, 0.3) is 0 Å². The lowest BCUT2D eigenvalue weighted by Crippen LogP contribution is -2.14. The maximum atomic E-state index is 13.2. The van der Waals surface area contributed by atoms with Crippen LogP contribution in [0.2, 0.25) is 0 Å². The summed E-state index contributed by atoms with van der Waals surface area (Å²) in [6, 6.07) is 12.6. The minimum Gasteiger partial charge on any atom is -0.389 e. The summed E-state index contributed by atoms with van der Waals surface area (Å²) >= 11 is 4.96. The molecule has 0 aromatic heterocycles. The molecule has 0 aliphatic heterocycles. The predicted molar refractivity (Wildman–Crippen MR) is 85.4 cm³/mol. The minimum absolute atomic E-state index is 0.191. The van der Waals surface area contributed by atoms with Gasteiger partial charge in [-0.25, -0.2) is 4.39 Å². The molecule has 2 aromatic rings. The highest BCUT2D eigenvalue weighted by molar-refractivity contribution is 7.80. The van der Waals surface area contributed by atoms with Crippen LogP contribution in [0.1, 0.15) is 23.6 Å². The molecule has 0 bridgehead atoms. The van der Waals surface area contributed by atoms with Crippen LogP contribution >= 0.6 is 12.2 Å². The lowest BCUT2D eigenvalue weighted by Gasteiger charge is -2.13. The number of thiocarbonyl (C=S) groups is 1. The molecule has 2 nitrogen and oxygen atoms in total. The first-order valence-electron chi connectivity index (χ1n) is 6.51. The van der Waals surface area contributed by atoms with Crippen LogP contribution in [-0.2, 0) is 13.0 Å². The summed E-state index contributed by atoms with van der Waals surface area (Å²) in [6.07, 6.45) is 0.976. The molecule has 2 aromatic carbocycles. The molecular weight excluding hydrogens is 271 g/mol. The molecule has 0 aliphatic carbocycles. The average Bonchev–Trinajstić information content (AvgIpc) is 2.46. The van der Waals surface area contributed by atoms with Gasteiger partial charge in [0, 0.05) is 17.8 Å². The first-order chi connectivity index (χ1) is 9.61. The smallest absolute Gasteiger partial charge is 0.124 e. The Morgan fingerprint density at radius 2 is 1.90 bits per heavy atom. The molecule has 0 saturated heterocycles. The van der Waals surface area contributed by atoms with Crippen molar-refractivity contribution in [2.75, 3.05) is 5.32 Å². The van der Waals surface area contributed by atoms with Gasteiger partial charge in [-0.05, 0) is 35.7 Å². The Labute approximate surface area is 123 Å². The van der Waals surface area contributed by atoms with Crippen LogP contribution in [0.15, 0.2) is 42.5 Å². The molecule has 0 spiro atoms. The molecule has 0 fully saturated rings. The summed E-state index contributed by atoms with van der Waals surface area (Å²) in [7, 11) is 0. The molecular formula is C16H17FN2S. The van der Waals surface area contributed by atoms with Crippen molar-refractivity contribution < 1.29 is 4.39 Å². The number of aryl methyl sites for hydroxylation is 1. The highest BCUT2D eigenvalue weighted by Gasteiger charge is 2.07. The van der Waals surface area contributed by atoms with E-state index in [9.17, 15) is 4.39 Å². The maximum absolute atomic E-state index is 13.2. The van der Waals surface area contributed by atoms with Crippen LogP contribution in [0.3, 0.4) is 0 Å². The van der Waals surface area contributed by atoms with Gasteiger partial charge in [0.1, 0.15) is 10.8 Å². The number of rotatable bonds is 5. The van der Waals surface area contributed by atoms with E-state index in [4.69, 9.17) is 18.0 Å². The van der Waals surface area contributed by atoms with Crippen LogP contribution in [0.4, 0.5) is 10.1 Å². The fourth-order valence-electron chi connectivity index (χ4n) is 2.14. The molecule has 3 N–H and O–H groups in total. The second-order valence-corrected chi connectivity index (χ2v) is 4.97. The molecule has 0 heterocycles. The number of hydrogen-bond acceptors (Lipinski definition) is 2. The average molecular weight is 288 g/mol. The van der Waals surface area contributed by atoms with E-state index in [1.807, 2.05) is 12.1 Å². The summed E-state index contributed by atoms with van der Waals surface area (Å²) in [5.41, 5.74) is 9.43. The van der Waals surface area contributed by atoms with E-state index in [0.29, 0.717) is 12.1 Å². The Bertz CT molecular complexity index is 626. The third-order valence-corrected chi connectivity index (χ3v) is 3.44. The van der Waals surface area contributed by atoms with E-state index < -0.39 is 0 Å². The Morgan fingerprint density at radius 3 is 2.55 bits per heavy atom. The van der Waals surface area contributed by atoms with Gasteiger partial charge in [-0.3, -0.25) is 0 Å². The Balaban J connectivity index is 2.21. The molecule has 0 unspecified atom stereocenters. The molecule has 2 rings (SSSR count). The van der Waals surface area contributed by atoms with Crippen molar-refractivity contribution in [1.82, 2.24) is 0 Å². The lowest BCUT2D eigenvalue weighted by atomic mass is 10.0. The summed E-state index contributed by atoms with van der Waals surface area (Å²) in [5, 5.41) is 3.28. The summed E-state index contributed by atoms with van der Waals surface area (Å²) in [6.45, 7) is 2.78. The van der Waals surface area contributed by atoms with Gasteiger partial charge < -0.3 is 11.1 Å². The first kappa shape index (κ1) is 14.5. The lowest BCUT2D eigenvalue weighted by molar-refractivity contribution is 0.627. The van der Waals surface area contributed by atoms with Crippen molar-refractivity contribution in [2.24, 2.45) is 5.73 Å². The van der Waals surface area contributed by atoms with Gasteiger partial charge in [0.05, 0.1) is 0 Å². The Hall–Kier alpha value is -1.94. The van der Waals surface area contributed by atoms with Crippen molar-refractivity contribution >= 4 is 22.9 Å². The zero-order valence-electron chi connectivity index (χ0n) is 11.3. The zero-order chi connectivity index (χ0) is 14.5. The van der Waals surface area contributed by atoms with Gasteiger partial charge in [-0.2, -0.15) is 0 Å². The number of nitrogens with two attached hydrogens (primary N) is 1. The van der Waals surface area contributed by atoms with Gasteiger partial charge in [-0.15, -0.1) is 0 Å². The van der Waals surface area contributed by atoms with Crippen LogP contribution in [0, 0.1) is 5.82 Å². The SMILES string of the molecule is CCc1ccccc1CNc1ccc(F)cc1C(N)=S. The van der Waals surface area contributed by atoms with E-state index >= 15 is 0 Å². The number of hydrogen-bond donors (Lipinski definition) is 2. The van der Waals surface area contributed by atoms with Crippen LogP contribution < -0.4 is 11.1 Å². The molecule has 0 atom stereocenters. The van der Waals surface area contributed by atoms with Crippen LogP contribution in [0.5, 0.6) is 0 Å². The van der Waals surface area contributed by atoms with Crippen molar-refractivity contribution in [1.29, 1.82) is 0 Å². The second-order valence-electron chi connectivity index (χ2n) is 4.53. The zero-order valence-corrected chi connectivity index (χ0v) is 12.1. The summed E-state index contributed by atoms with van der Waals surface area (Å²) in [5.74, 6) is -0.340. The fraction of sp³-hybridized carbons (Fsp3) is 0.188. The quantitative estimate of drug-likeness (QED) is 0.825. The van der Waals surface area contributed by atoms with E-state index in [1.165, 1.54) is 23.3 Å². The van der Waals surface area contributed by atoms with Gasteiger partial charge in [0.15, 0.2) is 0 Å². The third kappa shape index (κ3) is 3.33. The summed E-state index contributed by atoms with van der Waals surface area (Å²) < 4.78 is 13.2. The minimum atomic E-state index is -0.340. The molecule has 104 valence electrons.